The van der Waals surface area contributed by atoms with Crippen molar-refractivity contribution in [2.45, 2.75) is 38.3 Å². The predicted octanol–water partition coefficient (Wildman–Crippen LogP) is -0.531. The van der Waals surface area contributed by atoms with Gasteiger partial charge in [-0.3, -0.25) is 40.1 Å². The highest BCUT2D eigenvalue weighted by molar-refractivity contribution is 6.00. The lowest BCUT2D eigenvalue weighted by Crippen LogP contribution is -2.44. The molecule has 0 spiro atoms. The molecule has 1 aromatic heterocycles. The van der Waals surface area contributed by atoms with Crippen LogP contribution in [0.4, 0.5) is 0 Å². The molecule has 1 aromatic carbocycles. The summed E-state index contributed by atoms with van der Waals surface area (Å²) in [6.07, 6.45) is 0.139. The molecule has 2 atom stereocenters. The number of carboxylic acids is 1. The summed E-state index contributed by atoms with van der Waals surface area (Å²) in [7, 11) is 1.56. The van der Waals surface area contributed by atoms with Gasteiger partial charge in [-0.15, -0.1) is 0 Å². The van der Waals surface area contributed by atoms with Crippen molar-refractivity contribution in [2.75, 3.05) is 0 Å². The SMILES string of the molecule is CC(NN)c1cc2c(cc1CC(=O)O)n(C)c(=O)n2C1CCC(=O)NC1=O. The number of piperidine rings is 1. The molecule has 0 saturated carbocycles. The molecule has 1 fully saturated rings. The molecule has 2 aromatic rings. The van der Waals surface area contributed by atoms with E-state index < -0.39 is 23.6 Å². The van der Waals surface area contributed by atoms with Gasteiger partial charge >= 0.3 is 11.7 Å². The van der Waals surface area contributed by atoms with Crippen LogP contribution in [0.3, 0.4) is 0 Å². The summed E-state index contributed by atoms with van der Waals surface area (Å²) < 4.78 is 2.73. The lowest BCUT2D eigenvalue weighted by atomic mass is 9.97. The van der Waals surface area contributed by atoms with Crippen LogP contribution in [0, 0.1) is 0 Å². The van der Waals surface area contributed by atoms with Gasteiger partial charge in [0.2, 0.25) is 11.8 Å². The van der Waals surface area contributed by atoms with Gasteiger partial charge in [-0.2, -0.15) is 0 Å². The number of hydrazine groups is 1. The summed E-state index contributed by atoms with van der Waals surface area (Å²) in [5.41, 5.74) is 4.32. The average Bonchev–Trinajstić information content (AvgIpc) is 2.84. The highest BCUT2D eigenvalue weighted by Gasteiger charge is 2.31. The van der Waals surface area contributed by atoms with E-state index in [1.807, 2.05) is 0 Å². The Kier molecular flexibility index (Phi) is 4.85. The lowest BCUT2D eigenvalue weighted by molar-refractivity contribution is -0.137. The van der Waals surface area contributed by atoms with Gasteiger partial charge < -0.3 is 5.11 Å². The van der Waals surface area contributed by atoms with Crippen LogP contribution >= 0.6 is 0 Å². The first-order valence-corrected chi connectivity index (χ1v) is 8.50. The monoisotopic (exact) mass is 375 g/mol. The molecule has 2 amide bonds. The third-order valence-electron chi connectivity index (χ3n) is 4.93. The zero-order chi connectivity index (χ0) is 19.9. The van der Waals surface area contributed by atoms with Crippen molar-refractivity contribution in [1.29, 1.82) is 0 Å². The fourth-order valence-electron chi connectivity index (χ4n) is 3.50. The van der Waals surface area contributed by atoms with Crippen LogP contribution in [0.25, 0.3) is 11.0 Å². The number of carbonyl (C=O) groups is 3. The molecule has 0 bridgehead atoms. The summed E-state index contributed by atoms with van der Waals surface area (Å²) in [5, 5.41) is 11.5. The van der Waals surface area contributed by atoms with Gasteiger partial charge in [0.05, 0.1) is 17.5 Å². The number of rotatable bonds is 5. The van der Waals surface area contributed by atoms with Gasteiger partial charge in [-0.25, -0.2) is 4.79 Å². The molecule has 0 radical (unpaired) electrons. The van der Waals surface area contributed by atoms with Crippen LogP contribution in [0.15, 0.2) is 16.9 Å². The van der Waals surface area contributed by atoms with Gasteiger partial charge in [0.15, 0.2) is 0 Å². The van der Waals surface area contributed by atoms with E-state index in [-0.39, 0.29) is 31.2 Å². The third kappa shape index (κ3) is 3.24. The summed E-state index contributed by atoms with van der Waals surface area (Å²) in [5.74, 6) is 3.63. The summed E-state index contributed by atoms with van der Waals surface area (Å²) >= 11 is 0. The molecule has 0 aliphatic carbocycles. The summed E-state index contributed by atoms with van der Waals surface area (Å²) in [6.45, 7) is 1.77. The van der Waals surface area contributed by atoms with Crippen molar-refractivity contribution < 1.29 is 19.5 Å². The van der Waals surface area contributed by atoms with Gasteiger partial charge in [0.1, 0.15) is 6.04 Å². The Morgan fingerprint density at radius 1 is 1.37 bits per heavy atom. The van der Waals surface area contributed by atoms with E-state index in [4.69, 9.17) is 5.84 Å². The molecule has 1 aliphatic heterocycles. The summed E-state index contributed by atoms with van der Waals surface area (Å²) in [6, 6.07) is 2.15. The quantitative estimate of drug-likeness (QED) is 0.312. The Morgan fingerprint density at radius 2 is 2.07 bits per heavy atom. The zero-order valence-corrected chi connectivity index (χ0v) is 15.0. The molecular formula is C17H21N5O5. The smallest absolute Gasteiger partial charge is 0.329 e. The van der Waals surface area contributed by atoms with Crippen molar-refractivity contribution in [3.05, 3.63) is 33.7 Å². The number of imide groups is 1. The minimum Gasteiger partial charge on any atom is -0.481 e. The minimum absolute atomic E-state index is 0.143. The molecule has 2 heterocycles. The number of aryl methyl sites for hydroxylation is 1. The second-order valence-corrected chi connectivity index (χ2v) is 6.68. The van der Waals surface area contributed by atoms with Crippen LogP contribution in [-0.4, -0.2) is 32.0 Å². The van der Waals surface area contributed by atoms with E-state index in [1.54, 1.807) is 26.1 Å². The Labute approximate surface area is 153 Å². The van der Waals surface area contributed by atoms with Crippen LogP contribution < -0.4 is 22.3 Å². The number of aliphatic carboxylic acids is 1. The molecule has 3 rings (SSSR count). The number of amides is 2. The molecule has 1 aliphatic rings. The number of carboxylic acid groups (broad SMARTS) is 1. The molecule has 27 heavy (non-hydrogen) atoms. The van der Waals surface area contributed by atoms with Gasteiger partial charge in [-0.05, 0) is 36.6 Å². The topological polar surface area (TPSA) is 148 Å². The van der Waals surface area contributed by atoms with Gasteiger partial charge in [0.25, 0.3) is 0 Å². The second kappa shape index (κ2) is 6.97. The normalized spacial score (nSPS) is 18.6. The van der Waals surface area contributed by atoms with E-state index in [2.05, 4.69) is 10.7 Å². The Morgan fingerprint density at radius 3 is 2.67 bits per heavy atom. The van der Waals surface area contributed by atoms with E-state index in [0.717, 1.165) is 0 Å². The van der Waals surface area contributed by atoms with Crippen LogP contribution in [0.2, 0.25) is 0 Å². The first-order valence-electron chi connectivity index (χ1n) is 8.50. The van der Waals surface area contributed by atoms with Crippen LogP contribution in [-0.2, 0) is 27.9 Å². The Balaban J connectivity index is 2.25. The van der Waals surface area contributed by atoms with Crippen LogP contribution in [0.5, 0.6) is 0 Å². The molecule has 10 nitrogen and oxygen atoms in total. The zero-order valence-electron chi connectivity index (χ0n) is 15.0. The van der Waals surface area contributed by atoms with Crippen molar-refractivity contribution in [3.63, 3.8) is 0 Å². The Hall–Kier alpha value is -2.98. The lowest BCUT2D eigenvalue weighted by Gasteiger charge is -2.22. The van der Waals surface area contributed by atoms with E-state index >= 15 is 0 Å². The average molecular weight is 375 g/mol. The number of carbonyl (C=O) groups excluding carboxylic acids is 2. The molecule has 5 N–H and O–H groups in total. The number of hydrogen-bond acceptors (Lipinski definition) is 6. The first kappa shape index (κ1) is 18.8. The van der Waals surface area contributed by atoms with Crippen molar-refractivity contribution in [2.24, 2.45) is 12.9 Å². The molecule has 10 heteroatoms. The Bertz CT molecular complexity index is 1010. The van der Waals surface area contributed by atoms with Gasteiger partial charge in [0, 0.05) is 19.5 Å². The second-order valence-electron chi connectivity index (χ2n) is 6.68. The number of fused-ring (bicyclic) bond motifs is 1. The minimum atomic E-state index is -1.01. The molecular weight excluding hydrogens is 354 g/mol. The van der Waals surface area contributed by atoms with Crippen LogP contribution in [0.1, 0.15) is 43.0 Å². The number of nitrogens with one attached hydrogen (secondary N) is 2. The number of imidazole rings is 1. The number of aromatic nitrogens is 2. The highest BCUT2D eigenvalue weighted by atomic mass is 16.4. The van der Waals surface area contributed by atoms with E-state index in [1.165, 1.54) is 9.13 Å². The maximum absolute atomic E-state index is 12.8. The van der Waals surface area contributed by atoms with Crippen molar-refractivity contribution in [1.82, 2.24) is 19.9 Å². The third-order valence-corrected chi connectivity index (χ3v) is 4.93. The van der Waals surface area contributed by atoms with Gasteiger partial charge in [-0.1, -0.05) is 0 Å². The van der Waals surface area contributed by atoms with E-state index in [9.17, 15) is 24.3 Å². The summed E-state index contributed by atoms with van der Waals surface area (Å²) in [4.78, 5) is 47.8. The fourth-order valence-corrected chi connectivity index (χ4v) is 3.50. The fraction of sp³-hybridized carbons (Fsp3) is 0.412. The van der Waals surface area contributed by atoms with Crippen molar-refractivity contribution >= 4 is 28.8 Å². The predicted molar refractivity (Wildman–Crippen MR) is 95.7 cm³/mol. The maximum Gasteiger partial charge on any atom is 0.329 e. The maximum atomic E-state index is 12.8. The first-order chi connectivity index (χ1) is 12.7. The number of hydrogen-bond donors (Lipinski definition) is 4. The number of nitrogens with two attached hydrogens (primary N) is 1. The number of nitrogens with zero attached hydrogens (tertiary/aromatic N) is 2. The van der Waals surface area contributed by atoms with E-state index in [0.29, 0.717) is 22.2 Å². The molecule has 144 valence electrons. The standard InChI is InChI=1S/C17H21N5O5/c1-8(20-18)10-7-13-12(5-9(10)6-15(24)25)21(2)17(27)22(13)11-3-4-14(23)19-16(11)26/h5,7-8,11,20H,3-4,6,18H2,1-2H3,(H,24,25)(H,19,23,26). The highest BCUT2D eigenvalue weighted by Crippen LogP contribution is 2.28. The largest absolute Gasteiger partial charge is 0.481 e. The molecule has 1 saturated heterocycles. The number of benzene rings is 1. The molecule has 2 unspecified atom stereocenters. The van der Waals surface area contributed by atoms with Crippen molar-refractivity contribution in [3.8, 4) is 0 Å².